The van der Waals surface area contributed by atoms with Gasteiger partial charge in [0.05, 0.1) is 38.9 Å². The molecule has 2 aliphatic heterocycles. The summed E-state index contributed by atoms with van der Waals surface area (Å²) >= 11 is 0. The summed E-state index contributed by atoms with van der Waals surface area (Å²) < 4.78 is 6.78. The van der Waals surface area contributed by atoms with Gasteiger partial charge in [0.1, 0.15) is 12.2 Å². The molecule has 0 radical (unpaired) electrons. The molecule has 0 atom stereocenters. The van der Waals surface area contributed by atoms with Gasteiger partial charge in [-0.3, -0.25) is 28.9 Å². The highest BCUT2D eigenvalue weighted by Gasteiger charge is 2.32. The van der Waals surface area contributed by atoms with Gasteiger partial charge in [0.2, 0.25) is 5.91 Å². The summed E-state index contributed by atoms with van der Waals surface area (Å²) in [5.74, 6) is -3.43. The van der Waals surface area contributed by atoms with Gasteiger partial charge in [0, 0.05) is 25.0 Å². The highest BCUT2D eigenvalue weighted by molar-refractivity contribution is 6.14. The first kappa shape index (κ1) is 22.7. The van der Waals surface area contributed by atoms with E-state index < -0.39 is 35.5 Å². The van der Waals surface area contributed by atoms with Crippen molar-refractivity contribution in [3.8, 4) is 0 Å². The molecule has 1 fully saturated rings. The second-order valence-electron chi connectivity index (χ2n) is 6.75. The molecular formula is C18H20N6O8. The number of amides is 5. The van der Waals surface area contributed by atoms with Crippen molar-refractivity contribution >= 4 is 35.5 Å². The number of aromatic nitrogens is 3. The number of nitrogens with zero attached hydrogens (tertiary/aromatic N) is 5. The van der Waals surface area contributed by atoms with E-state index in [4.69, 9.17) is 9.57 Å². The van der Waals surface area contributed by atoms with Crippen molar-refractivity contribution in [2.45, 2.75) is 32.4 Å². The zero-order chi connectivity index (χ0) is 23.1. The van der Waals surface area contributed by atoms with E-state index in [0.717, 1.165) is 17.1 Å². The van der Waals surface area contributed by atoms with Crippen LogP contribution in [0.3, 0.4) is 0 Å². The Labute approximate surface area is 181 Å². The minimum atomic E-state index is -0.750. The lowest BCUT2D eigenvalue weighted by molar-refractivity contribution is -0.198. The van der Waals surface area contributed by atoms with E-state index >= 15 is 0 Å². The van der Waals surface area contributed by atoms with Crippen LogP contribution in [0.1, 0.15) is 25.0 Å². The fraction of sp³-hybridized carbons (Fsp3) is 0.444. The van der Waals surface area contributed by atoms with E-state index in [2.05, 4.69) is 15.6 Å². The monoisotopic (exact) mass is 448 g/mol. The van der Waals surface area contributed by atoms with E-state index in [9.17, 15) is 28.8 Å². The molecule has 0 bridgehead atoms. The van der Waals surface area contributed by atoms with Crippen molar-refractivity contribution in [3.63, 3.8) is 0 Å². The first-order valence-electron chi connectivity index (χ1n) is 9.67. The molecule has 0 spiro atoms. The minimum absolute atomic E-state index is 0.0233. The van der Waals surface area contributed by atoms with Crippen molar-refractivity contribution in [1.82, 2.24) is 30.3 Å². The van der Waals surface area contributed by atoms with Gasteiger partial charge < -0.3 is 14.9 Å². The summed E-state index contributed by atoms with van der Waals surface area (Å²) in [6, 6.07) is 0. The lowest BCUT2D eigenvalue weighted by Gasteiger charge is -2.12. The molecule has 1 aromatic heterocycles. The van der Waals surface area contributed by atoms with Gasteiger partial charge in [-0.1, -0.05) is 5.21 Å². The molecule has 1 N–H and O–H groups in total. The normalized spacial score (nSPS) is 15.8. The zero-order valence-corrected chi connectivity index (χ0v) is 16.9. The number of hydrogen-bond acceptors (Lipinski definition) is 10. The Balaban J connectivity index is 1.28. The van der Waals surface area contributed by atoms with Crippen LogP contribution in [0.2, 0.25) is 0 Å². The first-order chi connectivity index (χ1) is 15.3. The molecular weight excluding hydrogens is 428 g/mol. The van der Waals surface area contributed by atoms with Crippen LogP contribution in [0.15, 0.2) is 18.3 Å². The molecule has 0 saturated carbocycles. The first-order valence-corrected chi connectivity index (χ1v) is 9.67. The number of rotatable bonds is 11. The third kappa shape index (κ3) is 6.04. The molecule has 0 unspecified atom stereocenters. The average molecular weight is 448 g/mol. The molecule has 0 aliphatic carbocycles. The van der Waals surface area contributed by atoms with Gasteiger partial charge in [0.25, 0.3) is 23.6 Å². The minimum Gasteiger partial charge on any atom is -0.379 e. The number of hydroxylamine groups is 2. The summed E-state index contributed by atoms with van der Waals surface area (Å²) in [5.41, 5.74) is 0.457. The SMILES string of the molecule is O=C(CN1C(=O)C=CC1=O)NCc1cn(CCOCCC(=O)ON2C(=O)CCC2=O)nn1. The van der Waals surface area contributed by atoms with Crippen molar-refractivity contribution in [2.75, 3.05) is 19.8 Å². The van der Waals surface area contributed by atoms with Crippen molar-refractivity contribution in [1.29, 1.82) is 0 Å². The topological polar surface area (TPSA) is 170 Å². The fourth-order valence-electron chi connectivity index (χ4n) is 2.73. The van der Waals surface area contributed by atoms with Crippen LogP contribution in [0.25, 0.3) is 0 Å². The lowest BCUT2D eigenvalue weighted by Crippen LogP contribution is -2.40. The Kier molecular flexibility index (Phi) is 7.38. The molecule has 5 amide bonds. The van der Waals surface area contributed by atoms with Gasteiger partial charge in [-0.2, -0.15) is 0 Å². The average Bonchev–Trinajstić information content (AvgIpc) is 3.43. The summed E-state index contributed by atoms with van der Waals surface area (Å²) in [7, 11) is 0. The highest BCUT2D eigenvalue weighted by atomic mass is 16.7. The van der Waals surface area contributed by atoms with Gasteiger partial charge >= 0.3 is 5.97 Å². The summed E-state index contributed by atoms with van der Waals surface area (Å²) in [6.45, 7) is 0.228. The van der Waals surface area contributed by atoms with Crippen LogP contribution in [-0.2, 0) is 51.4 Å². The molecule has 32 heavy (non-hydrogen) atoms. The highest BCUT2D eigenvalue weighted by Crippen LogP contribution is 2.12. The fourth-order valence-corrected chi connectivity index (χ4v) is 2.73. The molecule has 170 valence electrons. The number of hydrogen-bond donors (Lipinski definition) is 1. The van der Waals surface area contributed by atoms with E-state index in [1.165, 1.54) is 4.68 Å². The molecule has 1 saturated heterocycles. The Bertz CT molecular complexity index is 936. The number of imide groups is 2. The Hall–Kier alpha value is -3.94. The third-order valence-corrected chi connectivity index (χ3v) is 4.37. The Morgan fingerprint density at radius 2 is 1.72 bits per heavy atom. The van der Waals surface area contributed by atoms with E-state index in [1.807, 2.05) is 0 Å². The maximum absolute atomic E-state index is 11.9. The second-order valence-corrected chi connectivity index (χ2v) is 6.75. The van der Waals surface area contributed by atoms with Gasteiger partial charge in [-0.05, 0) is 0 Å². The smallest absolute Gasteiger partial charge is 0.335 e. The van der Waals surface area contributed by atoms with Crippen molar-refractivity contribution in [2.24, 2.45) is 0 Å². The van der Waals surface area contributed by atoms with Gasteiger partial charge in [-0.25, -0.2) is 9.48 Å². The quantitative estimate of drug-likeness (QED) is 0.290. The number of ether oxygens (including phenoxy) is 1. The van der Waals surface area contributed by atoms with E-state index in [1.54, 1.807) is 6.20 Å². The van der Waals surface area contributed by atoms with Crippen LogP contribution in [-0.4, -0.2) is 80.2 Å². The number of carbonyl (C=O) groups is 6. The van der Waals surface area contributed by atoms with Crippen LogP contribution in [0.4, 0.5) is 0 Å². The largest absolute Gasteiger partial charge is 0.379 e. The van der Waals surface area contributed by atoms with Gasteiger partial charge in [-0.15, -0.1) is 10.2 Å². The number of carbonyl (C=O) groups excluding carboxylic acids is 6. The van der Waals surface area contributed by atoms with Crippen LogP contribution in [0, 0.1) is 0 Å². The summed E-state index contributed by atoms with van der Waals surface area (Å²) in [5, 5.41) is 10.8. The molecule has 14 heteroatoms. The molecule has 3 heterocycles. The summed E-state index contributed by atoms with van der Waals surface area (Å²) in [6.07, 6.45) is 3.70. The predicted molar refractivity (Wildman–Crippen MR) is 100 cm³/mol. The van der Waals surface area contributed by atoms with Gasteiger partial charge in [0.15, 0.2) is 0 Å². The predicted octanol–water partition coefficient (Wildman–Crippen LogP) is -2.17. The molecule has 1 aromatic rings. The molecule has 0 aromatic carbocycles. The van der Waals surface area contributed by atoms with E-state index in [-0.39, 0.29) is 45.6 Å². The standard InChI is InChI=1S/C18H20N6O8/c25-13(11-23-14(26)1-2-15(23)27)19-9-12-10-22(21-20-12)6-8-31-7-5-18(30)32-24-16(28)3-4-17(24)29/h1-2,10H,3-9,11H2,(H,19,25). The second kappa shape index (κ2) is 10.4. The number of nitrogens with one attached hydrogen (secondary N) is 1. The Morgan fingerprint density at radius 1 is 1.03 bits per heavy atom. The van der Waals surface area contributed by atoms with Crippen molar-refractivity contribution in [3.05, 3.63) is 24.0 Å². The third-order valence-electron chi connectivity index (χ3n) is 4.37. The Morgan fingerprint density at radius 3 is 2.41 bits per heavy atom. The van der Waals surface area contributed by atoms with Crippen LogP contribution < -0.4 is 5.32 Å². The van der Waals surface area contributed by atoms with Crippen molar-refractivity contribution < 1.29 is 38.3 Å². The van der Waals surface area contributed by atoms with Crippen LogP contribution >= 0.6 is 0 Å². The maximum Gasteiger partial charge on any atom is 0.335 e. The summed E-state index contributed by atoms with van der Waals surface area (Å²) in [4.78, 5) is 74.7. The maximum atomic E-state index is 11.9. The van der Waals surface area contributed by atoms with E-state index in [0.29, 0.717) is 17.3 Å². The van der Waals surface area contributed by atoms with Crippen LogP contribution in [0.5, 0.6) is 0 Å². The molecule has 3 rings (SSSR count). The molecule has 14 nitrogen and oxygen atoms in total. The molecule has 2 aliphatic rings. The lowest BCUT2D eigenvalue weighted by atomic mass is 10.4. The zero-order valence-electron chi connectivity index (χ0n) is 16.9.